The van der Waals surface area contributed by atoms with E-state index in [1.807, 2.05) is 37.3 Å². The molecule has 1 aliphatic heterocycles. The van der Waals surface area contributed by atoms with Crippen LogP contribution in [0, 0.1) is 0 Å². The van der Waals surface area contributed by atoms with Gasteiger partial charge in [0.1, 0.15) is 0 Å². The second-order valence-electron chi connectivity index (χ2n) is 6.47. The van der Waals surface area contributed by atoms with Crippen LogP contribution in [0.15, 0.2) is 42.7 Å². The number of hydrogen-bond donors (Lipinski definition) is 1. The van der Waals surface area contributed by atoms with Gasteiger partial charge in [0, 0.05) is 19.2 Å². The molecule has 3 aromatic rings. The Balaban J connectivity index is 1.69. The van der Waals surface area contributed by atoms with Gasteiger partial charge in [0.15, 0.2) is 5.82 Å². The van der Waals surface area contributed by atoms with Gasteiger partial charge >= 0.3 is 0 Å². The normalized spacial score (nSPS) is 16.0. The summed E-state index contributed by atoms with van der Waals surface area (Å²) in [6.07, 6.45) is 3.93. The van der Waals surface area contributed by atoms with E-state index in [1.54, 1.807) is 17.3 Å². The lowest BCUT2D eigenvalue weighted by Gasteiger charge is -2.17. The van der Waals surface area contributed by atoms with E-state index in [-0.39, 0.29) is 25.0 Å². The highest BCUT2D eigenvalue weighted by Gasteiger charge is 2.34. The van der Waals surface area contributed by atoms with Crippen LogP contribution in [0.2, 0.25) is 0 Å². The molecule has 27 heavy (non-hydrogen) atoms. The highest BCUT2D eigenvalue weighted by molar-refractivity contribution is 6.04. The molecule has 0 fully saturated rings. The first-order valence-corrected chi connectivity index (χ1v) is 8.93. The molecule has 0 radical (unpaired) electrons. The van der Waals surface area contributed by atoms with E-state index in [0.29, 0.717) is 24.7 Å². The summed E-state index contributed by atoms with van der Waals surface area (Å²) in [4.78, 5) is 27.7. The minimum Gasteiger partial charge on any atom is -0.477 e. The highest BCUT2D eigenvalue weighted by Crippen LogP contribution is 2.37. The lowest BCUT2D eigenvalue weighted by Crippen LogP contribution is -2.28. The monoisotopic (exact) mass is 364 g/mol. The van der Waals surface area contributed by atoms with E-state index in [9.17, 15) is 4.79 Å². The van der Waals surface area contributed by atoms with Gasteiger partial charge in [-0.2, -0.15) is 4.98 Å². The fourth-order valence-corrected chi connectivity index (χ4v) is 3.29. The maximum Gasteiger partial charge on any atom is 0.234 e. The number of pyridine rings is 1. The summed E-state index contributed by atoms with van der Waals surface area (Å²) in [6, 6.07) is 9.47. The number of rotatable bonds is 6. The number of aromatic nitrogens is 3. The van der Waals surface area contributed by atoms with E-state index in [4.69, 9.17) is 9.84 Å². The molecule has 2 aromatic heterocycles. The molecule has 3 heterocycles. The molecular formula is C20H20N4O3. The number of ether oxygens (including phenoxy) is 1. The van der Waals surface area contributed by atoms with Gasteiger partial charge in [0.2, 0.25) is 11.8 Å². The zero-order valence-electron chi connectivity index (χ0n) is 15.0. The SMILES string of the molecule is CC1C(=O)N(Cc2nc(OCCCO)c3ccccc3n2)c2cnccc21. The molecule has 4 rings (SSSR count). The van der Waals surface area contributed by atoms with Crippen LogP contribution in [0.25, 0.3) is 10.9 Å². The van der Waals surface area contributed by atoms with Crippen LogP contribution in [0.5, 0.6) is 5.88 Å². The summed E-state index contributed by atoms with van der Waals surface area (Å²) in [5, 5.41) is 9.79. The maximum absolute atomic E-state index is 12.7. The molecule has 0 saturated carbocycles. The fourth-order valence-electron chi connectivity index (χ4n) is 3.29. The van der Waals surface area contributed by atoms with Crippen LogP contribution in [-0.4, -0.2) is 39.2 Å². The van der Waals surface area contributed by atoms with Crippen molar-refractivity contribution in [3.63, 3.8) is 0 Å². The molecule has 0 bridgehead atoms. The number of fused-ring (bicyclic) bond motifs is 2. The van der Waals surface area contributed by atoms with Crippen LogP contribution in [0.1, 0.15) is 30.7 Å². The lowest BCUT2D eigenvalue weighted by molar-refractivity contribution is -0.119. The summed E-state index contributed by atoms with van der Waals surface area (Å²) < 4.78 is 5.76. The van der Waals surface area contributed by atoms with Crippen molar-refractivity contribution < 1.29 is 14.6 Å². The van der Waals surface area contributed by atoms with E-state index in [1.165, 1.54) is 0 Å². The molecule has 0 saturated heterocycles. The highest BCUT2D eigenvalue weighted by atomic mass is 16.5. The van der Waals surface area contributed by atoms with Crippen LogP contribution in [0.3, 0.4) is 0 Å². The van der Waals surface area contributed by atoms with E-state index >= 15 is 0 Å². The zero-order valence-corrected chi connectivity index (χ0v) is 15.0. The van der Waals surface area contributed by atoms with Gasteiger partial charge in [0.25, 0.3) is 0 Å². The zero-order chi connectivity index (χ0) is 18.8. The predicted octanol–water partition coefficient (Wildman–Crippen LogP) is 2.44. The molecule has 1 atom stereocenters. The molecule has 0 spiro atoms. The lowest BCUT2D eigenvalue weighted by atomic mass is 10.1. The van der Waals surface area contributed by atoms with E-state index < -0.39 is 0 Å². The minimum absolute atomic E-state index is 0.0116. The number of para-hydroxylation sites is 1. The van der Waals surface area contributed by atoms with Crippen LogP contribution in [0.4, 0.5) is 5.69 Å². The second-order valence-corrected chi connectivity index (χ2v) is 6.47. The maximum atomic E-state index is 12.7. The fraction of sp³-hybridized carbons (Fsp3) is 0.300. The molecule has 1 amide bonds. The predicted molar refractivity (Wildman–Crippen MR) is 101 cm³/mol. The minimum atomic E-state index is -0.205. The van der Waals surface area contributed by atoms with Crippen LogP contribution < -0.4 is 9.64 Å². The summed E-state index contributed by atoms with van der Waals surface area (Å²) >= 11 is 0. The van der Waals surface area contributed by atoms with E-state index in [2.05, 4.69) is 15.0 Å². The van der Waals surface area contributed by atoms with Crippen molar-refractivity contribution in [3.05, 3.63) is 54.1 Å². The number of anilines is 1. The number of nitrogens with zero attached hydrogens (tertiary/aromatic N) is 4. The first-order chi connectivity index (χ1) is 13.2. The van der Waals surface area contributed by atoms with Crippen molar-refractivity contribution in [1.82, 2.24) is 15.0 Å². The molecule has 1 N–H and O–H groups in total. The summed E-state index contributed by atoms with van der Waals surface area (Å²) in [5.41, 5.74) is 2.53. The topological polar surface area (TPSA) is 88.4 Å². The summed E-state index contributed by atoms with van der Waals surface area (Å²) in [7, 11) is 0. The van der Waals surface area contributed by atoms with Gasteiger partial charge in [0.05, 0.1) is 41.9 Å². The largest absolute Gasteiger partial charge is 0.477 e. The third-order valence-electron chi connectivity index (χ3n) is 4.68. The van der Waals surface area contributed by atoms with Gasteiger partial charge in [-0.3, -0.25) is 9.78 Å². The van der Waals surface area contributed by atoms with E-state index in [0.717, 1.165) is 22.2 Å². The molecule has 1 aliphatic rings. The Hall–Kier alpha value is -3.06. The number of hydrogen-bond acceptors (Lipinski definition) is 6. The molecule has 138 valence electrons. The second kappa shape index (κ2) is 7.28. The number of carbonyl (C=O) groups is 1. The Kier molecular flexibility index (Phi) is 4.68. The smallest absolute Gasteiger partial charge is 0.234 e. The average molecular weight is 364 g/mol. The number of aliphatic hydroxyl groups is 1. The van der Waals surface area contributed by atoms with Gasteiger partial charge in [-0.25, -0.2) is 4.98 Å². The van der Waals surface area contributed by atoms with Gasteiger partial charge < -0.3 is 14.7 Å². The first kappa shape index (κ1) is 17.4. The molecule has 0 aliphatic carbocycles. The third-order valence-corrected chi connectivity index (χ3v) is 4.68. The first-order valence-electron chi connectivity index (χ1n) is 8.93. The number of carbonyl (C=O) groups excluding carboxylic acids is 1. The van der Waals surface area contributed by atoms with Gasteiger partial charge in [-0.05, 0) is 30.7 Å². The van der Waals surface area contributed by atoms with Crippen LogP contribution >= 0.6 is 0 Å². The van der Waals surface area contributed by atoms with Crippen LogP contribution in [-0.2, 0) is 11.3 Å². The Labute approximate surface area is 156 Å². The summed E-state index contributed by atoms with van der Waals surface area (Å²) in [5.74, 6) is 0.779. The Morgan fingerprint density at radius 2 is 2.07 bits per heavy atom. The van der Waals surface area contributed by atoms with Gasteiger partial charge in [-0.1, -0.05) is 12.1 Å². The quantitative estimate of drug-likeness (QED) is 0.676. The molecule has 7 heteroatoms. The Morgan fingerprint density at radius 1 is 1.22 bits per heavy atom. The summed E-state index contributed by atoms with van der Waals surface area (Å²) in [6.45, 7) is 2.57. The molecule has 7 nitrogen and oxygen atoms in total. The third kappa shape index (κ3) is 3.21. The molecule has 1 aromatic carbocycles. The Bertz CT molecular complexity index is 992. The number of aliphatic hydroxyl groups excluding tert-OH is 1. The van der Waals surface area contributed by atoms with Crippen molar-refractivity contribution in [2.75, 3.05) is 18.1 Å². The Morgan fingerprint density at radius 3 is 2.93 bits per heavy atom. The van der Waals surface area contributed by atoms with Crippen molar-refractivity contribution in [1.29, 1.82) is 0 Å². The van der Waals surface area contributed by atoms with Crippen molar-refractivity contribution >= 4 is 22.5 Å². The molecule has 1 unspecified atom stereocenters. The van der Waals surface area contributed by atoms with Gasteiger partial charge in [-0.15, -0.1) is 0 Å². The van der Waals surface area contributed by atoms with Crippen molar-refractivity contribution in [3.8, 4) is 5.88 Å². The molecular weight excluding hydrogens is 344 g/mol. The average Bonchev–Trinajstić information content (AvgIpc) is 2.93. The van der Waals surface area contributed by atoms with Crippen molar-refractivity contribution in [2.24, 2.45) is 0 Å². The number of benzene rings is 1. The number of amides is 1. The standard InChI is InChI=1S/C20H20N4O3/c1-13-14-7-8-21-11-17(14)24(20(13)26)12-18-22-16-6-3-2-5-15(16)19(23-18)27-10-4-9-25/h2-3,5-8,11,13,25H,4,9-10,12H2,1H3. The van der Waals surface area contributed by atoms with Crippen molar-refractivity contribution in [2.45, 2.75) is 25.8 Å².